The molecular formula is C11H11BrN2O2. The van der Waals surface area contributed by atoms with E-state index in [4.69, 9.17) is 9.68 Å². The molecule has 1 fully saturated rings. The molecule has 1 saturated carbocycles. The molecule has 0 bridgehead atoms. The zero-order chi connectivity index (χ0) is 11.5. The van der Waals surface area contributed by atoms with Gasteiger partial charge in [-0.3, -0.25) is 4.79 Å². The lowest BCUT2D eigenvalue weighted by Crippen LogP contribution is -2.33. The molecule has 1 amide bonds. The molecule has 2 rings (SSSR count). The Hall–Kier alpha value is -1.28. The van der Waals surface area contributed by atoms with Crippen LogP contribution in [0.25, 0.3) is 0 Å². The summed E-state index contributed by atoms with van der Waals surface area (Å²) < 4.78 is 5.77. The van der Waals surface area contributed by atoms with E-state index in [0.717, 1.165) is 12.8 Å². The first-order chi connectivity index (χ1) is 7.72. The summed E-state index contributed by atoms with van der Waals surface area (Å²) in [6.07, 6.45) is 2.42. The zero-order valence-corrected chi connectivity index (χ0v) is 10.2. The van der Waals surface area contributed by atoms with Gasteiger partial charge in [0.15, 0.2) is 10.4 Å². The predicted octanol–water partition coefficient (Wildman–Crippen LogP) is 2.56. The van der Waals surface area contributed by atoms with Crippen LogP contribution in [-0.2, 0) is 0 Å². The van der Waals surface area contributed by atoms with Gasteiger partial charge in [-0.05, 0) is 40.9 Å². The number of nitrogens with zero attached hydrogens (tertiary/aromatic N) is 2. The standard InChI is InChI=1S/C11H11BrN2O2/c12-10-5-4-9(16-10)11(15)14(7-1-6-13)8-2-3-8/h4-5,8H,1-3,7H2. The fourth-order valence-electron chi connectivity index (χ4n) is 1.58. The second-order valence-corrected chi connectivity index (χ2v) is 4.52. The SMILES string of the molecule is N#CCCN(C(=O)c1ccc(Br)o1)C1CC1. The van der Waals surface area contributed by atoms with Crippen LogP contribution in [0, 0.1) is 11.3 Å². The van der Waals surface area contributed by atoms with Crippen molar-refractivity contribution in [2.24, 2.45) is 0 Å². The first-order valence-corrected chi connectivity index (χ1v) is 5.95. The van der Waals surface area contributed by atoms with Gasteiger partial charge in [0.1, 0.15) is 0 Å². The summed E-state index contributed by atoms with van der Waals surface area (Å²) in [5.74, 6) is 0.208. The van der Waals surface area contributed by atoms with Crippen LogP contribution >= 0.6 is 15.9 Å². The lowest BCUT2D eigenvalue weighted by Gasteiger charge is -2.19. The molecule has 0 radical (unpaired) electrons. The summed E-state index contributed by atoms with van der Waals surface area (Å²) in [6.45, 7) is 0.484. The number of hydrogen-bond donors (Lipinski definition) is 0. The van der Waals surface area contributed by atoms with Crippen molar-refractivity contribution in [3.8, 4) is 6.07 Å². The molecule has 0 unspecified atom stereocenters. The van der Waals surface area contributed by atoms with Crippen molar-refractivity contribution in [2.45, 2.75) is 25.3 Å². The Bertz CT molecular complexity index is 431. The highest BCUT2D eigenvalue weighted by atomic mass is 79.9. The van der Waals surface area contributed by atoms with Gasteiger partial charge >= 0.3 is 0 Å². The molecule has 1 aliphatic carbocycles. The van der Waals surface area contributed by atoms with Gasteiger partial charge in [-0.1, -0.05) is 0 Å². The van der Waals surface area contributed by atoms with Crippen molar-refractivity contribution < 1.29 is 9.21 Å². The summed E-state index contributed by atoms with van der Waals surface area (Å²) in [5.41, 5.74) is 0. The van der Waals surface area contributed by atoms with E-state index in [1.165, 1.54) is 0 Å². The number of carbonyl (C=O) groups is 1. The number of halogens is 1. The maximum atomic E-state index is 12.0. The van der Waals surface area contributed by atoms with Crippen LogP contribution in [0.3, 0.4) is 0 Å². The Labute approximate surface area is 102 Å². The number of nitriles is 1. The first-order valence-electron chi connectivity index (χ1n) is 5.15. The molecule has 0 aliphatic heterocycles. The van der Waals surface area contributed by atoms with Gasteiger partial charge in [-0.25, -0.2) is 0 Å². The lowest BCUT2D eigenvalue weighted by molar-refractivity contribution is 0.0713. The van der Waals surface area contributed by atoms with E-state index >= 15 is 0 Å². The molecule has 0 N–H and O–H groups in total. The molecule has 0 aromatic carbocycles. The summed E-state index contributed by atoms with van der Waals surface area (Å²) in [5, 5.41) is 8.55. The maximum Gasteiger partial charge on any atom is 0.289 e. The predicted molar refractivity (Wildman–Crippen MR) is 60.7 cm³/mol. The summed E-state index contributed by atoms with van der Waals surface area (Å²) in [6, 6.07) is 5.70. The molecule has 4 nitrogen and oxygen atoms in total. The van der Waals surface area contributed by atoms with Crippen LogP contribution in [0.2, 0.25) is 0 Å². The molecule has 1 aromatic heterocycles. The van der Waals surface area contributed by atoms with Gasteiger partial charge in [0.25, 0.3) is 5.91 Å². The largest absolute Gasteiger partial charge is 0.444 e. The Morgan fingerprint density at radius 2 is 2.38 bits per heavy atom. The van der Waals surface area contributed by atoms with Gasteiger partial charge in [-0.2, -0.15) is 5.26 Å². The van der Waals surface area contributed by atoms with Crippen molar-refractivity contribution in [2.75, 3.05) is 6.54 Å². The van der Waals surface area contributed by atoms with E-state index in [9.17, 15) is 4.79 Å². The Balaban J connectivity index is 2.08. The third kappa shape index (κ3) is 2.45. The van der Waals surface area contributed by atoms with Gasteiger partial charge < -0.3 is 9.32 Å². The fraction of sp³-hybridized carbons (Fsp3) is 0.455. The fourth-order valence-corrected chi connectivity index (χ4v) is 1.88. The summed E-state index contributed by atoms with van der Waals surface area (Å²) in [4.78, 5) is 13.8. The molecule has 1 aromatic rings. The average molecular weight is 283 g/mol. The molecule has 0 spiro atoms. The van der Waals surface area contributed by atoms with Crippen LogP contribution in [0.4, 0.5) is 0 Å². The molecule has 1 heterocycles. The van der Waals surface area contributed by atoms with Gasteiger partial charge in [0, 0.05) is 12.6 Å². The number of hydrogen-bond acceptors (Lipinski definition) is 3. The minimum atomic E-state index is -0.122. The van der Waals surface area contributed by atoms with Crippen LogP contribution in [0.5, 0.6) is 0 Å². The average Bonchev–Trinajstić information content (AvgIpc) is 3.01. The Morgan fingerprint density at radius 1 is 1.62 bits per heavy atom. The summed E-state index contributed by atoms with van der Waals surface area (Å²) >= 11 is 3.17. The highest BCUT2D eigenvalue weighted by Gasteiger charge is 2.33. The van der Waals surface area contributed by atoms with Crippen LogP contribution in [-0.4, -0.2) is 23.4 Å². The lowest BCUT2D eigenvalue weighted by atomic mass is 10.3. The highest BCUT2D eigenvalue weighted by molar-refractivity contribution is 9.10. The normalized spacial score (nSPS) is 14.5. The third-order valence-corrected chi connectivity index (χ3v) is 2.92. The second-order valence-electron chi connectivity index (χ2n) is 3.74. The van der Waals surface area contributed by atoms with E-state index in [1.54, 1.807) is 17.0 Å². The number of furan rings is 1. The Morgan fingerprint density at radius 3 is 2.88 bits per heavy atom. The van der Waals surface area contributed by atoms with E-state index in [-0.39, 0.29) is 5.91 Å². The Kier molecular flexibility index (Phi) is 3.30. The number of carbonyl (C=O) groups excluding carboxylic acids is 1. The van der Waals surface area contributed by atoms with Crippen LogP contribution < -0.4 is 0 Å². The smallest absolute Gasteiger partial charge is 0.289 e. The third-order valence-electron chi connectivity index (χ3n) is 2.50. The van der Waals surface area contributed by atoms with E-state index in [0.29, 0.717) is 29.4 Å². The minimum absolute atomic E-state index is 0.122. The molecule has 5 heteroatoms. The molecule has 84 valence electrons. The topological polar surface area (TPSA) is 57.2 Å². The van der Waals surface area contributed by atoms with Crippen molar-refractivity contribution >= 4 is 21.8 Å². The second kappa shape index (κ2) is 4.71. The first kappa shape index (κ1) is 11.2. The molecule has 16 heavy (non-hydrogen) atoms. The monoisotopic (exact) mass is 282 g/mol. The molecule has 0 atom stereocenters. The van der Waals surface area contributed by atoms with E-state index < -0.39 is 0 Å². The van der Waals surface area contributed by atoms with Crippen LogP contribution in [0.1, 0.15) is 29.8 Å². The summed E-state index contributed by atoms with van der Waals surface area (Å²) in [7, 11) is 0. The van der Waals surface area contributed by atoms with E-state index in [1.807, 2.05) is 0 Å². The number of rotatable bonds is 4. The highest BCUT2D eigenvalue weighted by Crippen LogP contribution is 2.29. The van der Waals surface area contributed by atoms with E-state index in [2.05, 4.69) is 22.0 Å². The quantitative estimate of drug-likeness (QED) is 0.853. The molecule has 0 saturated heterocycles. The van der Waals surface area contributed by atoms with Crippen LogP contribution in [0.15, 0.2) is 21.2 Å². The minimum Gasteiger partial charge on any atom is -0.444 e. The van der Waals surface area contributed by atoms with Crippen molar-refractivity contribution in [3.63, 3.8) is 0 Å². The number of amides is 1. The van der Waals surface area contributed by atoms with Gasteiger partial charge in [0.05, 0.1) is 12.5 Å². The molecular weight excluding hydrogens is 272 g/mol. The zero-order valence-electron chi connectivity index (χ0n) is 8.65. The van der Waals surface area contributed by atoms with Crippen molar-refractivity contribution in [3.05, 3.63) is 22.6 Å². The van der Waals surface area contributed by atoms with Crippen molar-refractivity contribution in [1.29, 1.82) is 5.26 Å². The van der Waals surface area contributed by atoms with Crippen molar-refractivity contribution in [1.82, 2.24) is 4.90 Å². The van der Waals surface area contributed by atoms with Gasteiger partial charge in [-0.15, -0.1) is 0 Å². The van der Waals surface area contributed by atoms with Gasteiger partial charge in [0.2, 0.25) is 0 Å². The molecule has 1 aliphatic rings. The maximum absolute atomic E-state index is 12.0.